The minimum atomic E-state index is -3.73. The third kappa shape index (κ3) is 2.83. The second-order valence-electron chi connectivity index (χ2n) is 3.60. The Hall–Kier alpha value is -0.980. The van der Waals surface area contributed by atoms with Crippen LogP contribution < -0.4 is 9.47 Å². The summed E-state index contributed by atoms with van der Waals surface area (Å²) in [4.78, 5) is 0. The van der Waals surface area contributed by atoms with E-state index in [0.717, 1.165) is 5.56 Å². The molecule has 1 aliphatic heterocycles. The van der Waals surface area contributed by atoms with Gasteiger partial charge in [-0.15, -0.1) is 0 Å². The molecule has 0 aromatic heterocycles. The van der Waals surface area contributed by atoms with Gasteiger partial charge >= 0.3 is 0 Å². The molecular formula is C10H12ClNO4S. The highest BCUT2D eigenvalue weighted by Crippen LogP contribution is 2.28. The lowest BCUT2D eigenvalue weighted by atomic mass is 10.2. The van der Waals surface area contributed by atoms with E-state index >= 15 is 0 Å². The molecule has 0 unspecified atom stereocenters. The van der Waals surface area contributed by atoms with Crippen molar-refractivity contribution in [2.75, 3.05) is 20.3 Å². The first kappa shape index (κ1) is 12.5. The molecule has 1 aromatic rings. The Bertz CT molecular complexity index is 517. The van der Waals surface area contributed by atoms with Gasteiger partial charge in [0, 0.05) is 29.3 Å². The Labute approximate surface area is 104 Å². The Kier molecular flexibility index (Phi) is 3.46. The van der Waals surface area contributed by atoms with Crippen LogP contribution in [0.3, 0.4) is 0 Å². The minimum Gasteiger partial charge on any atom is -0.497 e. The second kappa shape index (κ2) is 4.72. The lowest BCUT2D eigenvalue weighted by Gasteiger charge is -2.14. The molecule has 94 valence electrons. The molecule has 0 saturated carbocycles. The van der Waals surface area contributed by atoms with Crippen LogP contribution >= 0.6 is 10.7 Å². The third-order valence-corrected chi connectivity index (χ3v) is 4.04. The number of methoxy groups -OCH3 is 1. The molecule has 0 atom stereocenters. The van der Waals surface area contributed by atoms with Gasteiger partial charge in [0.05, 0.1) is 7.11 Å². The Morgan fingerprint density at radius 2 is 2.24 bits per heavy atom. The molecule has 1 heterocycles. The lowest BCUT2D eigenvalue weighted by molar-refractivity contribution is 0.295. The first-order valence-corrected chi connectivity index (χ1v) is 7.27. The van der Waals surface area contributed by atoms with Crippen molar-refractivity contribution in [3.8, 4) is 11.5 Å². The maximum absolute atomic E-state index is 11.3. The van der Waals surface area contributed by atoms with E-state index in [-0.39, 0.29) is 19.7 Å². The fourth-order valence-corrected chi connectivity index (χ4v) is 2.60. The Morgan fingerprint density at radius 1 is 1.47 bits per heavy atom. The first-order valence-electron chi connectivity index (χ1n) is 5.00. The van der Waals surface area contributed by atoms with Crippen molar-refractivity contribution in [2.24, 2.45) is 0 Å². The van der Waals surface area contributed by atoms with E-state index in [2.05, 4.69) is 0 Å². The molecule has 0 aliphatic carbocycles. The SMILES string of the molecule is COc1ccc2c(c1)CN(S(=O)(=O)Cl)CCO2. The predicted molar refractivity (Wildman–Crippen MR) is 63.7 cm³/mol. The lowest BCUT2D eigenvalue weighted by Crippen LogP contribution is -2.28. The van der Waals surface area contributed by atoms with Crippen molar-refractivity contribution in [1.82, 2.24) is 4.31 Å². The van der Waals surface area contributed by atoms with E-state index in [1.807, 2.05) is 0 Å². The summed E-state index contributed by atoms with van der Waals surface area (Å²) in [6.07, 6.45) is 0. The van der Waals surface area contributed by atoms with Gasteiger partial charge in [-0.2, -0.15) is 12.7 Å². The quantitative estimate of drug-likeness (QED) is 0.766. The van der Waals surface area contributed by atoms with E-state index in [0.29, 0.717) is 11.5 Å². The zero-order chi connectivity index (χ0) is 12.5. The van der Waals surface area contributed by atoms with E-state index < -0.39 is 9.24 Å². The van der Waals surface area contributed by atoms with Crippen LogP contribution in [-0.2, 0) is 15.8 Å². The summed E-state index contributed by atoms with van der Waals surface area (Å²) < 4.78 is 34.3. The number of hydrogen-bond donors (Lipinski definition) is 0. The molecular weight excluding hydrogens is 266 g/mol. The predicted octanol–water partition coefficient (Wildman–Crippen LogP) is 1.37. The number of ether oxygens (including phenoxy) is 2. The molecule has 0 saturated heterocycles. The van der Waals surface area contributed by atoms with Crippen LogP contribution in [0.25, 0.3) is 0 Å². The van der Waals surface area contributed by atoms with Crippen LogP contribution in [0.1, 0.15) is 5.56 Å². The number of benzene rings is 1. The fourth-order valence-electron chi connectivity index (χ4n) is 1.66. The number of hydrogen-bond acceptors (Lipinski definition) is 4. The standard InChI is InChI=1S/C10H12ClNO4S/c1-15-9-2-3-10-8(6-9)7-12(4-5-16-10)17(11,13)14/h2-3,6H,4-5,7H2,1H3. The van der Waals surface area contributed by atoms with Crippen LogP contribution in [0.15, 0.2) is 18.2 Å². The molecule has 1 aliphatic rings. The summed E-state index contributed by atoms with van der Waals surface area (Å²) in [6.45, 7) is 0.715. The molecule has 1 aromatic carbocycles. The molecule has 7 heteroatoms. The van der Waals surface area contributed by atoms with Crippen molar-refractivity contribution in [3.63, 3.8) is 0 Å². The van der Waals surface area contributed by atoms with Gasteiger partial charge in [0.1, 0.15) is 18.1 Å². The number of rotatable bonds is 2. The smallest absolute Gasteiger partial charge is 0.300 e. The molecule has 0 spiro atoms. The van der Waals surface area contributed by atoms with Crippen LogP contribution in [0.4, 0.5) is 0 Å². The molecule has 0 bridgehead atoms. The molecule has 17 heavy (non-hydrogen) atoms. The highest BCUT2D eigenvalue weighted by molar-refractivity contribution is 8.11. The van der Waals surface area contributed by atoms with Gasteiger partial charge in [-0.3, -0.25) is 0 Å². The Balaban J connectivity index is 2.35. The van der Waals surface area contributed by atoms with Crippen LogP contribution in [0.2, 0.25) is 0 Å². The molecule has 0 amide bonds. The molecule has 0 fully saturated rings. The third-order valence-electron chi connectivity index (χ3n) is 2.52. The average molecular weight is 278 g/mol. The van der Waals surface area contributed by atoms with Crippen molar-refractivity contribution >= 4 is 19.9 Å². The second-order valence-corrected chi connectivity index (χ2v) is 6.11. The van der Waals surface area contributed by atoms with E-state index in [9.17, 15) is 8.42 Å². The fraction of sp³-hybridized carbons (Fsp3) is 0.400. The van der Waals surface area contributed by atoms with Crippen LogP contribution in [0, 0.1) is 0 Å². The molecule has 2 rings (SSSR count). The molecule has 0 radical (unpaired) electrons. The van der Waals surface area contributed by atoms with E-state index in [1.165, 1.54) is 4.31 Å². The summed E-state index contributed by atoms with van der Waals surface area (Å²) in [5.41, 5.74) is 0.742. The first-order chi connectivity index (χ1) is 8.00. The van der Waals surface area contributed by atoms with Gasteiger partial charge in [-0.1, -0.05) is 0 Å². The maximum Gasteiger partial charge on any atom is 0.300 e. The zero-order valence-electron chi connectivity index (χ0n) is 9.22. The topological polar surface area (TPSA) is 55.8 Å². The van der Waals surface area contributed by atoms with Crippen LogP contribution in [-0.4, -0.2) is 33.0 Å². The maximum atomic E-state index is 11.3. The van der Waals surface area contributed by atoms with Gasteiger partial charge in [0.15, 0.2) is 0 Å². The van der Waals surface area contributed by atoms with E-state index in [4.69, 9.17) is 20.2 Å². The zero-order valence-corrected chi connectivity index (χ0v) is 10.8. The highest BCUT2D eigenvalue weighted by atomic mass is 35.7. The summed E-state index contributed by atoms with van der Waals surface area (Å²) in [6, 6.07) is 5.28. The highest BCUT2D eigenvalue weighted by Gasteiger charge is 2.24. The Morgan fingerprint density at radius 3 is 2.88 bits per heavy atom. The van der Waals surface area contributed by atoms with Gasteiger partial charge < -0.3 is 9.47 Å². The normalized spacial score (nSPS) is 16.8. The summed E-state index contributed by atoms with van der Waals surface area (Å²) >= 11 is 0. The average Bonchev–Trinajstić information content (AvgIpc) is 2.49. The number of halogens is 1. The number of fused-ring (bicyclic) bond motifs is 1. The minimum absolute atomic E-state index is 0.193. The van der Waals surface area contributed by atoms with Crippen molar-refractivity contribution < 1.29 is 17.9 Å². The molecule has 5 nitrogen and oxygen atoms in total. The van der Waals surface area contributed by atoms with Crippen molar-refractivity contribution in [1.29, 1.82) is 0 Å². The van der Waals surface area contributed by atoms with E-state index in [1.54, 1.807) is 25.3 Å². The number of nitrogens with zero attached hydrogens (tertiary/aromatic N) is 1. The summed E-state index contributed by atoms with van der Waals surface area (Å²) in [5, 5.41) is 0. The van der Waals surface area contributed by atoms with Gasteiger partial charge in [-0.25, -0.2) is 0 Å². The van der Waals surface area contributed by atoms with Gasteiger partial charge in [-0.05, 0) is 18.2 Å². The largest absolute Gasteiger partial charge is 0.497 e. The van der Waals surface area contributed by atoms with Gasteiger partial charge in [0.2, 0.25) is 0 Å². The van der Waals surface area contributed by atoms with Crippen LogP contribution in [0.5, 0.6) is 11.5 Å². The monoisotopic (exact) mass is 277 g/mol. The van der Waals surface area contributed by atoms with Gasteiger partial charge in [0.25, 0.3) is 9.24 Å². The van der Waals surface area contributed by atoms with Crippen molar-refractivity contribution in [2.45, 2.75) is 6.54 Å². The van der Waals surface area contributed by atoms with Crippen molar-refractivity contribution in [3.05, 3.63) is 23.8 Å². The molecule has 0 N–H and O–H groups in total. The summed E-state index contributed by atoms with van der Waals surface area (Å²) in [7, 11) is 3.16. The summed E-state index contributed by atoms with van der Waals surface area (Å²) in [5.74, 6) is 1.31.